The van der Waals surface area contributed by atoms with Crippen LogP contribution in [0.2, 0.25) is 0 Å². The first-order valence-electron chi connectivity index (χ1n) is 9.69. The van der Waals surface area contributed by atoms with Crippen LogP contribution >= 0.6 is 15.9 Å². The lowest BCUT2D eigenvalue weighted by Crippen LogP contribution is -2.17. The molecule has 0 bridgehead atoms. The molecule has 156 valence electrons. The highest BCUT2D eigenvalue weighted by Gasteiger charge is 2.24. The molecule has 2 amide bonds. The van der Waals surface area contributed by atoms with Gasteiger partial charge in [-0.05, 0) is 59.3 Å². The van der Waals surface area contributed by atoms with E-state index in [0.717, 1.165) is 0 Å². The minimum absolute atomic E-state index is 0.00732. The molecule has 7 heteroatoms. The molecule has 0 radical (unpaired) electrons. The number of anilines is 2. The summed E-state index contributed by atoms with van der Waals surface area (Å²) in [6.45, 7) is 2.33. The van der Waals surface area contributed by atoms with Crippen molar-refractivity contribution in [2.45, 2.75) is 6.92 Å². The third-order valence-electron chi connectivity index (χ3n) is 4.59. The summed E-state index contributed by atoms with van der Waals surface area (Å²) in [6.07, 6.45) is 0. The van der Waals surface area contributed by atoms with Crippen molar-refractivity contribution < 1.29 is 18.7 Å². The highest BCUT2D eigenvalue weighted by atomic mass is 79.9. The van der Waals surface area contributed by atoms with Gasteiger partial charge in [-0.1, -0.05) is 36.4 Å². The molecule has 0 spiro atoms. The van der Waals surface area contributed by atoms with E-state index in [1.54, 1.807) is 54.6 Å². The van der Waals surface area contributed by atoms with Crippen molar-refractivity contribution in [3.63, 3.8) is 0 Å². The maximum atomic E-state index is 13.1. The number of para-hydroxylation sites is 3. The van der Waals surface area contributed by atoms with Gasteiger partial charge in [-0.25, -0.2) is 0 Å². The Bertz CT molecular complexity index is 1270. The van der Waals surface area contributed by atoms with Crippen LogP contribution in [0.4, 0.5) is 11.4 Å². The molecule has 0 atom stereocenters. The van der Waals surface area contributed by atoms with Gasteiger partial charge >= 0.3 is 0 Å². The number of carbonyl (C=O) groups excluding carboxylic acids is 2. The Morgan fingerprint density at radius 3 is 2.42 bits per heavy atom. The fourth-order valence-corrected chi connectivity index (χ4v) is 3.65. The SMILES string of the molecule is CCOc1ccccc1NC(=O)c1oc2ccccc2c1NC(=O)c1ccccc1Br. The minimum atomic E-state index is -0.495. The zero-order chi connectivity index (χ0) is 21.8. The summed E-state index contributed by atoms with van der Waals surface area (Å²) in [5.41, 5.74) is 1.76. The van der Waals surface area contributed by atoms with Crippen molar-refractivity contribution in [3.8, 4) is 5.75 Å². The average molecular weight is 479 g/mol. The molecule has 1 heterocycles. The number of rotatable bonds is 6. The van der Waals surface area contributed by atoms with Gasteiger partial charge in [-0.2, -0.15) is 0 Å². The molecule has 31 heavy (non-hydrogen) atoms. The predicted molar refractivity (Wildman–Crippen MR) is 124 cm³/mol. The Labute approximate surface area is 187 Å². The van der Waals surface area contributed by atoms with Gasteiger partial charge in [-0.3, -0.25) is 9.59 Å². The summed E-state index contributed by atoms with van der Waals surface area (Å²) in [5, 5.41) is 6.29. The molecule has 1 aromatic heterocycles. The van der Waals surface area contributed by atoms with Crippen LogP contribution in [0.1, 0.15) is 27.8 Å². The van der Waals surface area contributed by atoms with Crippen molar-refractivity contribution in [1.29, 1.82) is 0 Å². The van der Waals surface area contributed by atoms with Crippen molar-refractivity contribution in [2.75, 3.05) is 17.2 Å². The topological polar surface area (TPSA) is 80.6 Å². The summed E-state index contributed by atoms with van der Waals surface area (Å²) in [5.74, 6) is -0.297. The molecule has 0 unspecified atom stereocenters. The largest absolute Gasteiger partial charge is 0.492 e. The van der Waals surface area contributed by atoms with Gasteiger partial charge in [0.2, 0.25) is 5.76 Å². The molecule has 0 saturated carbocycles. The number of carbonyl (C=O) groups is 2. The van der Waals surface area contributed by atoms with E-state index in [-0.39, 0.29) is 11.7 Å². The third kappa shape index (κ3) is 4.32. The first-order chi connectivity index (χ1) is 15.1. The van der Waals surface area contributed by atoms with E-state index in [4.69, 9.17) is 9.15 Å². The first-order valence-corrected chi connectivity index (χ1v) is 10.5. The number of amides is 2. The number of halogens is 1. The van der Waals surface area contributed by atoms with Crippen molar-refractivity contribution >= 4 is 50.1 Å². The predicted octanol–water partition coefficient (Wildman–Crippen LogP) is 6.10. The lowest BCUT2D eigenvalue weighted by Gasteiger charge is -2.11. The highest BCUT2D eigenvalue weighted by Crippen LogP contribution is 2.33. The Hall–Kier alpha value is -3.58. The van der Waals surface area contributed by atoms with Gasteiger partial charge in [0.25, 0.3) is 11.8 Å². The standard InChI is InChI=1S/C24H19BrN2O4/c1-2-30-20-14-8-6-12-18(20)26-24(29)22-21(16-10-4-7-13-19(16)31-22)27-23(28)15-9-3-5-11-17(15)25/h3-14H,2H2,1H3,(H,26,29)(H,27,28). The number of ether oxygens (including phenoxy) is 1. The maximum Gasteiger partial charge on any atom is 0.293 e. The smallest absolute Gasteiger partial charge is 0.293 e. The number of hydrogen-bond acceptors (Lipinski definition) is 4. The Morgan fingerprint density at radius 1 is 0.903 bits per heavy atom. The van der Waals surface area contributed by atoms with E-state index in [0.29, 0.717) is 44.7 Å². The molecule has 6 nitrogen and oxygen atoms in total. The normalized spacial score (nSPS) is 10.6. The fraction of sp³-hybridized carbons (Fsp3) is 0.0833. The first kappa shape index (κ1) is 20.7. The van der Waals surface area contributed by atoms with Gasteiger partial charge in [0, 0.05) is 9.86 Å². The van der Waals surface area contributed by atoms with Crippen LogP contribution in [0.5, 0.6) is 5.75 Å². The zero-order valence-electron chi connectivity index (χ0n) is 16.6. The summed E-state index contributed by atoms with van der Waals surface area (Å²) < 4.78 is 12.0. The van der Waals surface area contributed by atoms with E-state index in [2.05, 4.69) is 26.6 Å². The van der Waals surface area contributed by atoms with Crippen LogP contribution < -0.4 is 15.4 Å². The van der Waals surface area contributed by atoms with Crippen molar-refractivity contribution in [3.05, 3.63) is 88.6 Å². The van der Waals surface area contributed by atoms with E-state index >= 15 is 0 Å². The van der Waals surface area contributed by atoms with E-state index in [1.807, 2.05) is 25.1 Å². The lowest BCUT2D eigenvalue weighted by atomic mass is 10.1. The molecule has 0 saturated heterocycles. The van der Waals surface area contributed by atoms with E-state index < -0.39 is 5.91 Å². The molecule has 0 fully saturated rings. The number of fused-ring (bicyclic) bond motifs is 1. The van der Waals surface area contributed by atoms with E-state index in [9.17, 15) is 9.59 Å². The summed E-state index contributed by atoms with van der Waals surface area (Å²) in [6, 6.07) is 21.4. The molecule has 4 aromatic rings. The number of benzene rings is 3. The van der Waals surface area contributed by atoms with Gasteiger partial charge in [0.05, 0.1) is 17.9 Å². The molecule has 2 N–H and O–H groups in total. The molecular formula is C24H19BrN2O4. The maximum absolute atomic E-state index is 13.1. The van der Waals surface area contributed by atoms with Crippen LogP contribution in [0.15, 0.2) is 81.7 Å². The van der Waals surface area contributed by atoms with E-state index in [1.165, 1.54) is 0 Å². The number of hydrogen-bond donors (Lipinski definition) is 2. The van der Waals surface area contributed by atoms with Gasteiger partial charge in [-0.15, -0.1) is 0 Å². The molecular weight excluding hydrogens is 460 g/mol. The van der Waals surface area contributed by atoms with Gasteiger partial charge < -0.3 is 19.8 Å². The summed E-state index contributed by atoms with van der Waals surface area (Å²) in [4.78, 5) is 26.0. The number of nitrogens with one attached hydrogen (secondary N) is 2. The second-order valence-electron chi connectivity index (χ2n) is 6.62. The van der Waals surface area contributed by atoms with Gasteiger partial charge in [0.1, 0.15) is 17.0 Å². The Kier molecular flexibility index (Phi) is 6.04. The van der Waals surface area contributed by atoms with Crippen LogP contribution in [-0.4, -0.2) is 18.4 Å². The lowest BCUT2D eigenvalue weighted by molar-refractivity contribution is 0.0999. The van der Waals surface area contributed by atoms with Crippen molar-refractivity contribution in [1.82, 2.24) is 0 Å². The Balaban J connectivity index is 1.71. The summed E-state index contributed by atoms with van der Waals surface area (Å²) in [7, 11) is 0. The quantitative estimate of drug-likeness (QED) is 0.350. The molecule has 3 aromatic carbocycles. The van der Waals surface area contributed by atoms with Gasteiger partial charge in [0.15, 0.2) is 0 Å². The molecule has 0 aliphatic heterocycles. The van der Waals surface area contributed by atoms with Crippen LogP contribution in [0.25, 0.3) is 11.0 Å². The second-order valence-corrected chi connectivity index (χ2v) is 7.47. The van der Waals surface area contributed by atoms with Crippen LogP contribution in [0, 0.1) is 0 Å². The molecule has 4 rings (SSSR count). The van der Waals surface area contributed by atoms with Crippen molar-refractivity contribution in [2.24, 2.45) is 0 Å². The highest BCUT2D eigenvalue weighted by molar-refractivity contribution is 9.10. The fourth-order valence-electron chi connectivity index (χ4n) is 3.19. The molecule has 0 aliphatic rings. The third-order valence-corrected chi connectivity index (χ3v) is 5.29. The minimum Gasteiger partial charge on any atom is -0.492 e. The molecule has 0 aliphatic carbocycles. The van der Waals surface area contributed by atoms with Crippen LogP contribution in [0.3, 0.4) is 0 Å². The monoisotopic (exact) mass is 478 g/mol. The number of furan rings is 1. The Morgan fingerprint density at radius 2 is 1.61 bits per heavy atom. The average Bonchev–Trinajstić information content (AvgIpc) is 3.14. The second kappa shape index (κ2) is 9.06. The zero-order valence-corrected chi connectivity index (χ0v) is 18.2. The summed E-state index contributed by atoms with van der Waals surface area (Å²) >= 11 is 3.39. The van der Waals surface area contributed by atoms with Crippen LogP contribution in [-0.2, 0) is 0 Å².